The van der Waals surface area contributed by atoms with Gasteiger partial charge in [0, 0.05) is 36.9 Å². The van der Waals surface area contributed by atoms with Gasteiger partial charge in [-0.05, 0) is 67.2 Å². The van der Waals surface area contributed by atoms with E-state index >= 15 is 0 Å². The zero-order valence-electron chi connectivity index (χ0n) is 16.2. The second kappa shape index (κ2) is 8.63. The zero-order chi connectivity index (χ0) is 20.2. The van der Waals surface area contributed by atoms with E-state index in [1.165, 1.54) is 0 Å². The Kier molecular flexibility index (Phi) is 5.78. The Morgan fingerprint density at radius 3 is 2.66 bits per heavy atom. The highest BCUT2D eigenvalue weighted by Crippen LogP contribution is 2.39. The third kappa shape index (κ3) is 3.83. The molecule has 2 aromatic heterocycles. The van der Waals surface area contributed by atoms with Crippen molar-refractivity contribution in [2.45, 2.75) is 18.5 Å². The summed E-state index contributed by atoms with van der Waals surface area (Å²) in [5.74, 6) is 0.821. The van der Waals surface area contributed by atoms with Gasteiger partial charge in [0.15, 0.2) is 5.11 Å². The minimum absolute atomic E-state index is 0.0407. The second-order valence-corrected chi connectivity index (χ2v) is 7.28. The van der Waals surface area contributed by atoms with E-state index in [-0.39, 0.29) is 18.7 Å². The standard InChI is InChI=1S/C22H24N4O2S/c1-28-17-10-8-16(9-11-17)25-13-4-7-19(25)21-20(18-6-2-3-12-23-18)24-22(29)26(21)14-5-15-27/h2-4,6-13,20-21,27H,5,14-15H2,1H3,(H,24,29)/t20-,21-/m0/s1. The topological polar surface area (TPSA) is 62.5 Å². The number of nitrogens with zero attached hydrogens (tertiary/aromatic N) is 3. The Morgan fingerprint density at radius 2 is 1.97 bits per heavy atom. The largest absolute Gasteiger partial charge is 0.497 e. The van der Waals surface area contributed by atoms with Crippen LogP contribution in [0.25, 0.3) is 5.69 Å². The lowest BCUT2D eigenvalue weighted by molar-refractivity contribution is 0.245. The Hall–Kier alpha value is -2.90. The fraction of sp³-hybridized carbons (Fsp3) is 0.273. The van der Waals surface area contributed by atoms with Gasteiger partial charge in [-0.15, -0.1) is 0 Å². The fourth-order valence-electron chi connectivity index (χ4n) is 3.82. The Bertz CT molecular complexity index is 958. The van der Waals surface area contributed by atoms with Crippen molar-refractivity contribution < 1.29 is 9.84 Å². The number of hydrogen-bond acceptors (Lipinski definition) is 4. The maximum absolute atomic E-state index is 9.37. The second-order valence-electron chi connectivity index (χ2n) is 6.90. The third-order valence-electron chi connectivity index (χ3n) is 5.19. The summed E-state index contributed by atoms with van der Waals surface area (Å²) in [5, 5.41) is 13.5. The molecule has 0 spiro atoms. The molecule has 7 heteroatoms. The smallest absolute Gasteiger partial charge is 0.170 e. The highest BCUT2D eigenvalue weighted by atomic mass is 32.1. The molecule has 1 saturated heterocycles. The number of nitrogens with one attached hydrogen (secondary N) is 1. The molecule has 0 saturated carbocycles. The van der Waals surface area contributed by atoms with Crippen molar-refractivity contribution in [2.24, 2.45) is 0 Å². The molecule has 0 bridgehead atoms. The summed E-state index contributed by atoms with van der Waals surface area (Å²) < 4.78 is 7.46. The SMILES string of the molecule is COc1ccc(-n2cccc2[C@H]2[C@H](c3ccccn3)NC(=S)N2CCCO)cc1. The average molecular weight is 409 g/mol. The number of benzene rings is 1. The van der Waals surface area contributed by atoms with Crippen LogP contribution in [-0.4, -0.2) is 44.9 Å². The average Bonchev–Trinajstić information content (AvgIpc) is 3.37. The molecule has 0 unspecified atom stereocenters. The van der Waals surface area contributed by atoms with E-state index in [1.807, 2.05) is 48.5 Å². The first-order valence-electron chi connectivity index (χ1n) is 9.63. The van der Waals surface area contributed by atoms with Crippen LogP contribution in [0.3, 0.4) is 0 Å². The van der Waals surface area contributed by atoms with Crippen LogP contribution in [0, 0.1) is 0 Å². The van der Waals surface area contributed by atoms with Gasteiger partial charge >= 0.3 is 0 Å². The molecule has 2 N–H and O–H groups in total. The maximum atomic E-state index is 9.37. The van der Waals surface area contributed by atoms with Gasteiger partial charge in [-0.25, -0.2) is 0 Å². The number of aliphatic hydroxyl groups is 1. The Labute approximate surface area is 175 Å². The van der Waals surface area contributed by atoms with E-state index in [2.05, 4.69) is 32.0 Å². The highest BCUT2D eigenvalue weighted by molar-refractivity contribution is 7.80. The normalized spacial score (nSPS) is 18.7. The van der Waals surface area contributed by atoms with Crippen molar-refractivity contribution in [2.75, 3.05) is 20.3 Å². The van der Waals surface area contributed by atoms with Crippen molar-refractivity contribution in [3.8, 4) is 11.4 Å². The molecule has 1 fully saturated rings. The van der Waals surface area contributed by atoms with Crippen molar-refractivity contribution in [3.05, 3.63) is 78.4 Å². The van der Waals surface area contributed by atoms with E-state index in [9.17, 15) is 5.11 Å². The molecular weight excluding hydrogens is 384 g/mol. The number of hydrogen-bond donors (Lipinski definition) is 2. The molecule has 150 valence electrons. The molecule has 4 rings (SSSR count). The molecule has 0 aliphatic carbocycles. The van der Waals surface area contributed by atoms with Crippen LogP contribution in [0.15, 0.2) is 67.0 Å². The number of methoxy groups -OCH3 is 1. The van der Waals surface area contributed by atoms with Crippen molar-refractivity contribution in [1.29, 1.82) is 0 Å². The van der Waals surface area contributed by atoms with Gasteiger partial charge in [-0.1, -0.05) is 6.07 Å². The predicted octanol–water partition coefficient (Wildman–Crippen LogP) is 3.24. The molecule has 1 aliphatic rings. The lowest BCUT2D eigenvalue weighted by atomic mass is 10.0. The van der Waals surface area contributed by atoms with E-state index in [1.54, 1.807) is 13.3 Å². The molecule has 3 heterocycles. The lowest BCUT2D eigenvalue weighted by Crippen LogP contribution is -2.31. The molecule has 2 atom stereocenters. The zero-order valence-corrected chi connectivity index (χ0v) is 17.0. The summed E-state index contributed by atoms with van der Waals surface area (Å²) in [5.41, 5.74) is 3.09. The fourth-order valence-corrected chi connectivity index (χ4v) is 4.15. The van der Waals surface area contributed by atoms with Gasteiger partial charge in [0.05, 0.1) is 24.9 Å². The number of ether oxygens (including phenoxy) is 1. The van der Waals surface area contributed by atoms with Crippen molar-refractivity contribution in [1.82, 2.24) is 19.8 Å². The molecule has 0 radical (unpaired) electrons. The summed E-state index contributed by atoms with van der Waals surface area (Å²) in [6.45, 7) is 0.795. The van der Waals surface area contributed by atoms with Crippen LogP contribution >= 0.6 is 12.2 Å². The molecule has 1 aromatic carbocycles. The quantitative estimate of drug-likeness (QED) is 0.586. The predicted molar refractivity (Wildman–Crippen MR) is 116 cm³/mol. The first-order chi connectivity index (χ1) is 14.2. The highest BCUT2D eigenvalue weighted by Gasteiger charge is 2.40. The van der Waals surface area contributed by atoms with Crippen LogP contribution < -0.4 is 10.1 Å². The van der Waals surface area contributed by atoms with Crippen LogP contribution in [0.5, 0.6) is 5.75 Å². The van der Waals surface area contributed by atoms with Gasteiger partial charge < -0.3 is 24.6 Å². The number of pyridine rings is 1. The monoisotopic (exact) mass is 408 g/mol. The van der Waals surface area contributed by atoms with Crippen LogP contribution in [-0.2, 0) is 0 Å². The Morgan fingerprint density at radius 1 is 1.14 bits per heavy atom. The maximum Gasteiger partial charge on any atom is 0.170 e. The van der Waals surface area contributed by atoms with Gasteiger partial charge in [0.1, 0.15) is 5.75 Å². The number of rotatable bonds is 7. The van der Waals surface area contributed by atoms with Crippen molar-refractivity contribution >= 4 is 17.3 Å². The van der Waals surface area contributed by atoms with Gasteiger partial charge in [-0.2, -0.15) is 0 Å². The van der Waals surface area contributed by atoms with Gasteiger partial charge in [-0.3, -0.25) is 4.98 Å². The molecule has 6 nitrogen and oxygen atoms in total. The number of aromatic nitrogens is 2. The third-order valence-corrected chi connectivity index (χ3v) is 5.54. The van der Waals surface area contributed by atoms with E-state index in [0.29, 0.717) is 18.1 Å². The molecule has 1 aliphatic heterocycles. The molecule has 3 aromatic rings. The van der Waals surface area contributed by atoms with Crippen LogP contribution in [0.1, 0.15) is 29.9 Å². The van der Waals surface area contributed by atoms with Gasteiger partial charge in [0.25, 0.3) is 0 Å². The van der Waals surface area contributed by atoms with E-state index in [0.717, 1.165) is 22.8 Å². The first-order valence-corrected chi connectivity index (χ1v) is 10.0. The van der Waals surface area contributed by atoms with E-state index in [4.69, 9.17) is 17.0 Å². The first kappa shape index (κ1) is 19.4. The van der Waals surface area contributed by atoms with Gasteiger partial charge in [0.2, 0.25) is 0 Å². The minimum atomic E-state index is -0.0747. The summed E-state index contributed by atoms with van der Waals surface area (Å²) >= 11 is 5.65. The van der Waals surface area contributed by atoms with Crippen LogP contribution in [0.4, 0.5) is 0 Å². The molecule has 0 amide bonds. The van der Waals surface area contributed by atoms with E-state index < -0.39 is 0 Å². The number of thiocarbonyl (C=S) groups is 1. The summed E-state index contributed by atoms with van der Waals surface area (Å²) in [6.07, 6.45) is 4.50. The molecular formula is C22H24N4O2S. The Balaban J connectivity index is 1.76. The van der Waals surface area contributed by atoms with Crippen molar-refractivity contribution in [3.63, 3.8) is 0 Å². The minimum Gasteiger partial charge on any atom is -0.497 e. The summed E-state index contributed by atoms with van der Waals surface area (Å²) in [6, 6.07) is 17.9. The van der Waals surface area contributed by atoms with Crippen LogP contribution in [0.2, 0.25) is 0 Å². The summed E-state index contributed by atoms with van der Waals surface area (Å²) in [7, 11) is 1.66. The molecule has 29 heavy (non-hydrogen) atoms. The number of aliphatic hydroxyl groups excluding tert-OH is 1. The summed E-state index contributed by atoms with van der Waals surface area (Å²) in [4.78, 5) is 6.72. The lowest BCUT2D eigenvalue weighted by Gasteiger charge is -2.28.